The SMILES string of the molecule is CNC(=O)c1ccc(S(=O)(=O)N2CCOCC2CC(=O)O)cc1. The maximum Gasteiger partial charge on any atom is 0.305 e. The number of hydrogen-bond donors (Lipinski definition) is 2. The van der Waals surface area contributed by atoms with Crippen LogP contribution in [0, 0.1) is 0 Å². The normalized spacial score (nSPS) is 19.3. The first-order valence-corrected chi connectivity index (χ1v) is 8.44. The van der Waals surface area contributed by atoms with Crippen LogP contribution < -0.4 is 5.32 Å². The number of aliphatic carboxylic acids is 1. The van der Waals surface area contributed by atoms with E-state index in [1.807, 2.05) is 0 Å². The van der Waals surface area contributed by atoms with Gasteiger partial charge in [-0.15, -0.1) is 0 Å². The summed E-state index contributed by atoms with van der Waals surface area (Å²) in [7, 11) is -2.36. The average molecular weight is 342 g/mol. The van der Waals surface area contributed by atoms with E-state index >= 15 is 0 Å². The highest BCUT2D eigenvalue weighted by molar-refractivity contribution is 7.89. The Morgan fingerprint density at radius 3 is 2.57 bits per heavy atom. The lowest BCUT2D eigenvalue weighted by atomic mass is 10.2. The van der Waals surface area contributed by atoms with Gasteiger partial charge in [0.2, 0.25) is 10.0 Å². The predicted octanol–water partition coefficient (Wildman–Crippen LogP) is -0.0896. The van der Waals surface area contributed by atoms with Gasteiger partial charge >= 0.3 is 5.97 Å². The number of carboxylic acids is 1. The summed E-state index contributed by atoms with van der Waals surface area (Å²) in [6.45, 7) is 0.352. The number of carboxylic acid groups (broad SMARTS) is 1. The van der Waals surface area contributed by atoms with Gasteiger partial charge in [-0.05, 0) is 24.3 Å². The van der Waals surface area contributed by atoms with Gasteiger partial charge < -0.3 is 15.2 Å². The Labute approximate surface area is 134 Å². The molecule has 2 rings (SSSR count). The van der Waals surface area contributed by atoms with Gasteiger partial charge in [0.15, 0.2) is 0 Å². The lowest BCUT2D eigenvalue weighted by Gasteiger charge is -2.33. The van der Waals surface area contributed by atoms with Gasteiger partial charge in [-0.1, -0.05) is 0 Å². The molecule has 8 nitrogen and oxygen atoms in total. The van der Waals surface area contributed by atoms with Crippen LogP contribution in [-0.4, -0.2) is 62.6 Å². The molecule has 0 aliphatic carbocycles. The highest BCUT2D eigenvalue weighted by Crippen LogP contribution is 2.22. The summed E-state index contributed by atoms with van der Waals surface area (Å²) in [5, 5.41) is 11.4. The Balaban J connectivity index is 2.28. The number of benzene rings is 1. The van der Waals surface area contributed by atoms with Crippen molar-refractivity contribution in [3.63, 3.8) is 0 Å². The first kappa shape index (κ1) is 17.4. The number of morpholine rings is 1. The van der Waals surface area contributed by atoms with Gasteiger partial charge in [-0.25, -0.2) is 8.42 Å². The molecule has 1 aliphatic heterocycles. The summed E-state index contributed by atoms with van der Waals surface area (Å²) >= 11 is 0. The molecule has 1 saturated heterocycles. The van der Waals surface area contributed by atoms with E-state index in [9.17, 15) is 18.0 Å². The lowest BCUT2D eigenvalue weighted by Crippen LogP contribution is -2.49. The molecule has 1 aromatic rings. The molecule has 2 N–H and O–H groups in total. The lowest BCUT2D eigenvalue weighted by molar-refractivity contribution is -0.139. The van der Waals surface area contributed by atoms with Gasteiger partial charge in [0.1, 0.15) is 0 Å². The molecule has 0 radical (unpaired) electrons. The molecule has 1 heterocycles. The summed E-state index contributed by atoms with van der Waals surface area (Å²) in [5.74, 6) is -1.40. The third kappa shape index (κ3) is 3.87. The zero-order chi connectivity index (χ0) is 17.0. The number of ether oxygens (including phenoxy) is 1. The van der Waals surface area contributed by atoms with Crippen molar-refractivity contribution in [1.82, 2.24) is 9.62 Å². The van der Waals surface area contributed by atoms with Crippen molar-refractivity contribution in [2.75, 3.05) is 26.8 Å². The van der Waals surface area contributed by atoms with Crippen molar-refractivity contribution in [3.8, 4) is 0 Å². The van der Waals surface area contributed by atoms with E-state index in [1.165, 1.54) is 31.3 Å². The van der Waals surface area contributed by atoms with Crippen molar-refractivity contribution in [2.45, 2.75) is 17.4 Å². The molecule has 23 heavy (non-hydrogen) atoms. The Bertz CT molecular complexity index is 686. The fraction of sp³-hybridized carbons (Fsp3) is 0.429. The number of sulfonamides is 1. The van der Waals surface area contributed by atoms with Crippen LogP contribution in [0.1, 0.15) is 16.8 Å². The zero-order valence-corrected chi connectivity index (χ0v) is 13.4. The first-order chi connectivity index (χ1) is 10.9. The molecular weight excluding hydrogens is 324 g/mol. The molecule has 1 atom stereocenters. The standard InChI is InChI=1S/C14H18N2O6S/c1-15-14(19)10-2-4-12(5-3-10)23(20,21)16-6-7-22-9-11(16)8-13(17)18/h2-5,11H,6-9H2,1H3,(H,15,19)(H,17,18). The second-order valence-corrected chi connectivity index (χ2v) is 6.94. The monoisotopic (exact) mass is 342 g/mol. The van der Waals surface area contributed by atoms with Crippen LogP contribution in [0.25, 0.3) is 0 Å². The molecule has 0 saturated carbocycles. The van der Waals surface area contributed by atoms with E-state index < -0.39 is 22.0 Å². The smallest absolute Gasteiger partial charge is 0.305 e. The van der Waals surface area contributed by atoms with Crippen LogP contribution >= 0.6 is 0 Å². The summed E-state index contributed by atoms with van der Waals surface area (Å²) in [6.07, 6.45) is -0.324. The molecule has 1 amide bonds. The second kappa shape index (κ2) is 7.07. The minimum absolute atomic E-state index is 0.0161. The van der Waals surface area contributed by atoms with Gasteiger partial charge in [0, 0.05) is 19.2 Å². The molecule has 0 spiro atoms. The molecule has 9 heteroatoms. The van der Waals surface area contributed by atoms with E-state index in [0.29, 0.717) is 5.56 Å². The average Bonchev–Trinajstić information content (AvgIpc) is 2.54. The van der Waals surface area contributed by atoms with Crippen molar-refractivity contribution in [1.29, 1.82) is 0 Å². The summed E-state index contributed by atoms with van der Waals surface area (Å²) in [4.78, 5) is 22.4. The second-order valence-electron chi connectivity index (χ2n) is 5.05. The van der Waals surface area contributed by atoms with Crippen molar-refractivity contribution < 1.29 is 27.9 Å². The third-order valence-corrected chi connectivity index (χ3v) is 5.50. The quantitative estimate of drug-likeness (QED) is 0.773. The van der Waals surface area contributed by atoms with E-state index in [2.05, 4.69) is 5.32 Å². The van der Waals surface area contributed by atoms with Crippen molar-refractivity contribution in [2.24, 2.45) is 0 Å². The van der Waals surface area contributed by atoms with E-state index in [1.54, 1.807) is 0 Å². The minimum Gasteiger partial charge on any atom is -0.481 e. The minimum atomic E-state index is -3.85. The van der Waals surface area contributed by atoms with Crippen LogP contribution in [0.15, 0.2) is 29.2 Å². The molecule has 1 fully saturated rings. The Morgan fingerprint density at radius 2 is 2.00 bits per heavy atom. The Kier molecular flexibility index (Phi) is 5.34. The predicted molar refractivity (Wildman–Crippen MR) is 80.6 cm³/mol. The fourth-order valence-electron chi connectivity index (χ4n) is 2.38. The van der Waals surface area contributed by atoms with Crippen LogP contribution in [0.3, 0.4) is 0 Å². The van der Waals surface area contributed by atoms with Gasteiger partial charge in [-0.3, -0.25) is 9.59 Å². The van der Waals surface area contributed by atoms with Crippen molar-refractivity contribution in [3.05, 3.63) is 29.8 Å². The third-order valence-electron chi connectivity index (χ3n) is 3.53. The molecule has 0 bridgehead atoms. The van der Waals surface area contributed by atoms with Crippen LogP contribution in [0.2, 0.25) is 0 Å². The maximum absolute atomic E-state index is 12.7. The molecular formula is C14H18N2O6S. The Morgan fingerprint density at radius 1 is 1.35 bits per heavy atom. The van der Waals surface area contributed by atoms with E-state index in [-0.39, 0.29) is 37.0 Å². The van der Waals surface area contributed by atoms with E-state index in [0.717, 1.165) is 4.31 Å². The van der Waals surface area contributed by atoms with Gasteiger partial charge in [-0.2, -0.15) is 4.31 Å². The summed E-state index contributed by atoms with van der Waals surface area (Å²) in [6, 6.07) is 4.77. The topological polar surface area (TPSA) is 113 Å². The number of rotatable bonds is 5. The molecule has 1 aromatic carbocycles. The molecule has 126 valence electrons. The number of carbonyl (C=O) groups excluding carboxylic acids is 1. The van der Waals surface area contributed by atoms with Gasteiger partial charge in [0.25, 0.3) is 5.91 Å². The first-order valence-electron chi connectivity index (χ1n) is 7.00. The fourth-order valence-corrected chi connectivity index (χ4v) is 3.97. The van der Waals surface area contributed by atoms with Crippen LogP contribution in [-0.2, 0) is 19.6 Å². The van der Waals surface area contributed by atoms with Crippen LogP contribution in [0.5, 0.6) is 0 Å². The summed E-state index contributed by atoms with van der Waals surface area (Å²) in [5.41, 5.74) is 0.343. The summed E-state index contributed by atoms with van der Waals surface area (Å²) < 4.78 is 31.8. The number of carbonyl (C=O) groups is 2. The highest BCUT2D eigenvalue weighted by Gasteiger charge is 2.35. The molecule has 1 aliphatic rings. The maximum atomic E-state index is 12.7. The Hall–Kier alpha value is -1.97. The van der Waals surface area contributed by atoms with E-state index in [4.69, 9.17) is 9.84 Å². The van der Waals surface area contributed by atoms with Gasteiger partial charge in [0.05, 0.1) is 30.6 Å². The largest absolute Gasteiger partial charge is 0.481 e. The van der Waals surface area contributed by atoms with Crippen LogP contribution in [0.4, 0.5) is 0 Å². The molecule has 1 unspecified atom stereocenters. The number of hydrogen-bond acceptors (Lipinski definition) is 5. The highest BCUT2D eigenvalue weighted by atomic mass is 32.2. The number of amides is 1. The molecule has 0 aromatic heterocycles. The number of nitrogens with one attached hydrogen (secondary N) is 1. The number of nitrogens with zero attached hydrogens (tertiary/aromatic N) is 1. The van der Waals surface area contributed by atoms with Crippen molar-refractivity contribution >= 4 is 21.9 Å². The zero-order valence-electron chi connectivity index (χ0n) is 12.6.